The van der Waals surface area contributed by atoms with E-state index in [1.54, 1.807) is 6.07 Å². The summed E-state index contributed by atoms with van der Waals surface area (Å²) in [6.45, 7) is -0.164. The van der Waals surface area contributed by atoms with Gasteiger partial charge in [0, 0.05) is 38.7 Å². The van der Waals surface area contributed by atoms with Gasteiger partial charge in [-0.2, -0.15) is 0 Å². The first kappa shape index (κ1) is 14.6. The van der Waals surface area contributed by atoms with Crippen molar-refractivity contribution >= 4 is 35.2 Å². The molecule has 5 rings (SSSR count). The van der Waals surface area contributed by atoms with Crippen LogP contribution in [-0.4, -0.2) is 23.7 Å². The SMILES string of the molecule is [2H]C([2H])([2H])c1ccc2c3c(oc2n1)=CN(C)B(c1cc(-c2ccccc2)cc[n+]1C)C=3C. The van der Waals surface area contributed by atoms with Crippen LogP contribution in [0.1, 0.15) is 16.7 Å². The third-order valence-electron chi connectivity index (χ3n) is 5.69. The van der Waals surface area contributed by atoms with E-state index in [0.29, 0.717) is 11.1 Å². The molecule has 0 amide bonds. The molecule has 5 heteroatoms. The van der Waals surface area contributed by atoms with Gasteiger partial charge in [-0.3, -0.25) is 0 Å². The summed E-state index contributed by atoms with van der Waals surface area (Å²) >= 11 is 0. The third-order valence-corrected chi connectivity index (χ3v) is 5.69. The van der Waals surface area contributed by atoms with Crippen LogP contribution in [0.15, 0.2) is 65.2 Å². The summed E-state index contributed by atoms with van der Waals surface area (Å²) in [4.78, 5) is 6.43. The van der Waals surface area contributed by atoms with E-state index in [9.17, 15) is 0 Å². The molecule has 0 bridgehead atoms. The molecule has 4 heterocycles. The van der Waals surface area contributed by atoms with Gasteiger partial charge in [-0.1, -0.05) is 35.8 Å². The van der Waals surface area contributed by atoms with Gasteiger partial charge in [0.15, 0.2) is 17.2 Å². The molecule has 0 saturated heterocycles. The first-order valence-electron chi connectivity index (χ1n) is 11.1. The lowest BCUT2D eigenvalue weighted by Gasteiger charge is -2.24. The zero-order valence-electron chi connectivity index (χ0n) is 19.7. The fourth-order valence-corrected chi connectivity index (χ4v) is 4.30. The van der Waals surface area contributed by atoms with E-state index in [0.717, 1.165) is 27.2 Å². The molecule has 142 valence electrons. The number of fused-ring (bicyclic) bond motifs is 3. The molecule has 0 N–H and O–H groups in total. The summed E-state index contributed by atoms with van der Waals surface area (Å²) in [7, 11) is 4.08. The molecule has 1 aromatic carbocycles. The Bertz CT molecular complexity index is 1460. The van der Waals surface area contributed by atoms with Gasteiger partial charge in [-0.25, -0.2) is 9.55 Å². The van der Waals surface area contributed by atoms with Crippen molar-refractivity contribution in [1.82, 2.24) is 9.79 Å². The van der Waals surface area contributed by atoms with Crippen molar-refractivity contribution in [3.05, 3.63) is 77.1 Å². The second kappa shape index (κ2) is 6.62. The monoisotopic (exact) mass is 383 g/mol. The van der Waals surface area contributed by atoms with Crippen molar-refractivity contribution in [2.24, 2.45) is 7.05 Å². The van der Waals surface area contributed by atoms with Crippen LogP contribution < -0.4 is 20.8 Å². The molecule has 29 heavy (non-hydrogen) atoms. The highest BCUT2D eigenvalue weighted by molar-refractivity contribution is 6.85. The van der Waals surface area contributed by atoms with Crippen LogP contribution in [0.25, 0.3) is 33.9 Å². The third kappa shape index (κ3) is 2.85. The number of rotatable bonds is 2. The van der Waals surface area contributed by atoms with E-state index >= 15 is 0 Å². The normalized spacial score (nSPS) is 15.6. The zero-order chi connectivity index (χ0) is 22.6. The number of nitrogens with zero attached hydrogens (tertiary/aromatic N) is 3. The number of hydrogen-bond donors (Lipinski definition) is 0. The topological polar surface area (TPSA) is 33.2 Å². The van der Waals surface area contributed by atoms with Crippen LogP contribution in [0.2, 0.25) is 0 Å². The van der Waals surface area contributed by atoms with E-state index in [1.165, 1.54) is 5.56 Å². The van der Waals surface area contributed by atoms with E-state index in [2.05, 4.69) is 58.8 Å². The van der Waals surface area contributed by atoms with Crippen LogP contribution in [0.4, 0.5) is 0 Å². The minimum Gasteiger partial charge on any atom is -0.436 e. The number of aryl methyl sites for hydroxylation is 2. The van der Waals surface area contributed by atoms with Gasteiger partial charge in [0.05, 0.1) is 0 Å². The number of benzene rings is 1. The van der Waals surface area contributed by atoms with Gasteiger partial charge in [-0.15, -0.1) is 0 Å². The minimum atomic E-state index is -2.27. The van der Waals surface area contributed by atoms with Crippen molar-refractivity contribution in [1.29, 1.82) is 0 Å². The molecule has 3 aromatic heterocycles. The summed E-state index contributed by atoms with van der Waals surface area (Å²) in [6, 6.07) is 18.1. The maximum atomic E-state index is 7.65. The highest BCUT2D eigenvalue weighted by Gasteiger charge is 2.35. The van der Waals surface area contributed by atoms with Gasteiger partial charge >= 0.3 is 6.85 Å². The second-order valence-electron chi connectivity index (χ2n) is 7.59. The standard InChI is InChI=1S/C24H23BN3O/c1-16-10-11-20-23-17(2)25(28(4)15-21(23)29-24(20)26-16)22-14-19(12-13-27(22)3)18-8-6-5-7-9-18/h5-15H,1-4H3/q+1/i1D3. The van der Waals surface area contributed by atoms with Crippen molar-refractivity contribution in [2.45, 2.75) is 13.8 Å². The van der Waals surface area contributed by atoms with Crippen molar-refractivity contribution < 1.29 is 13.1 Å². The zero-order valence-corrected chi connectivity index (χ0v) is 16.7. The summed E-state index contributed by atoms with van der Waals surface area (Å²) in [5, 5.41) is 1.82. The van der Waals surface area contributed by atoms with Gasteiger partial charge in [0.1, 0.15) is 7.05 Å². The molecule has 0 atom stereocenters. The largest absolute Gasteiger partial charge is 0.436 e. The molecule has 0 saturated carbocycles. The van der Waals surface area contributed by atoms with Crippen molar-refractivity contribution in [3.8, 4) is 11.1 Å². The van der Waals surface area contributed by atoms with Crippen LogP contribution in [-0.2, 0) is 7.05 Å². The highest BCUT2D eigenvalue weighted by atomic mass is 16.3. The molecule has 4 aromatic rings. The fraction of sp³-hybridized carbons (Fsp3) is 0.167. The molecule has 1 aliphatic rings. The Hall–Kier alpha value is -3.34. The number of aromatic nitrogens is 2. The predicted octanol–water partition coefficient (Wildman–Crippen LogP) is 1.92. The van der Waals surface area contributed by atoms with Crippen molar-refractivity contribution in [3.63, 3.8) is 0 Å². The number of furan rings is 1. The molecule has 0 radical (unpaired) electrons. The molecule has 0 unspecified atom stereocenters. The molecular formula is C24H23BN3O+. The van der Waals surface area contributed by atoms with Gasteiger partial charge < -0.3 is 9.23 Å². The Morgan fingerprint density at radius 1 is 1.10 bits per heavy atom. The Kier molecular flexibility index (Phi) is 3.34. The van der Waals surface area contributed by atoms with Crippen LogP contribution in [0.3, 0.4) is 0 Å². The van der Waals surface area contributed by atoms with E-state index in [-0.39, 0.29) is 12.5 Å². The lowest BCUT2D eigenvalue weighted by molar-refractivity contribution is -0.654. The van der Waals surface area contributed by atoms with Gasteiger partial charge in [0.25, 0.3) is 0 Å². The van der Waals surface area contributed by atoms with Gasteiger partial charge in [-0.05, 0) is 44.1 Å². The first-order chi connectivity index (χ1) is 15.2. The summed E-state index contributed by atoms with van der Waals surface area (Å²) in [5.74, 6) is 0. The molecule has 0 aliphatic carbocycles. The van der Waals surface area contributed by atoms with Gasteiger partial charge in [0.2, 0.25) is 5.71 Å². The Labute approximate surface area is 174 Å². The Morgan fingerprint density at radius 2 is 1.93 bits per heavy atom. The first-order valence-corrected chi connectivity index (χ1v) is 9.63. The summed E-state index contributed by atoms with van der Waals surface area (Å²) in [6.07, 6.45) is 4.06. The average Bonchev–Trinajstić information content (AvgIpc) is 3.12. The molecular weight excluding hydrogens is 357 g/mol. The highest BCUT2D eigenvalue weighted by Crippen LogP contribution is 2.18. The summed E-state index contributed by atoms with van der Waals surface area (Å²) in [5.41, 5.74) is 5.71. The fourth-order valence-electron chi connectivity index (χ4n) is 4.30. The molecule has 0 fully saturated rings. The molecule has 1 aliphatic heterocycles. The lowest BCUT2D eigenvalue weighted by atomic mass is 9.50. The van der Waals surface area contributed by atoms with Crippen LogP contribution in [0, 0.1) is 6.85 Å². The Morgan fingerprint density at radius 3 is 2.72 bits per heavy atom. The van der Waals surface area contributed by atoms with Crippen molar-refractivity contribution in [2.75, 3.05) is 7.05 Å². The molecule has 0 spiro atoms. The second-order valence-corrected chi connectivity index (χ2v) is 7.59. The quantitative estimate of drug-likeness (QED) is 0.392. The lowest BCUT2D eigenvalue weighted by Crippen LogP contribution is -2.62. The number of pyridine rings is 2. The van der Waals surface area contributed by atoms with Crippen LogP contribution in [0.5, 0.6) is 0 Å². The smallest absolute Gasteiger partial charge is 0.399 e. The number of hydrogen-bond acceptors (Lipinski definition) is 3. The molecule has 4 nitrogen and oxygen atoms in total. The predicted molar refractivity (Wildman–Crippen MR) is 118 cm³/mol. The van der Waals surface area contributed by atoms with E-state index < -0.39 is 6.85 Å². The van der Waals surface area contributed by atoms with E-state index in [1.807, 2.05) is 37.5 Å². The van der Waals surface area contributed by atoms with Crippen LogP contribution >= 0.6 is 0 Å². The maximum absolute atomic E-state index is 7.65. The summed E-state index contributed by atoms with van der Waals surface area (Å²) < 4.78 is 31.1. The minimum absolute atomic E-state index is 0.000690. The van der Waals surface area contributed by atoms with E-state index in [4.69, 9.17) is 8.53 Å². The maximum Gasteiger partial charge on any atom is 0.399 e. The average molecular weight is 383 g/mol. The Balaban J connectivity index is 1.71.